The van der Waals surface area contributed by atoms with Gasteiger partial charge in [0.15, 0.2) is 0 Å². The maximum Gasteiger partial charge on any atom is 0.120 e. The Bertz CT molecular complexity index is 605. The van der Waals surface area contributed by atoms with Gasteiger partial charge in [0.25, 0.3) is 0 Å². The van der Waals surface area contributed by atoms with Crippen LogP contribution in [0.15, 0.2) is 53.1 Å². The molecule has 4 nitrogen and oxygen atoms in total. The van der Waals surface area contributed by atoms with Crippen LogP contribution in [0.2, 0.25) is 0 Å². The van der Waals surface area contributed by atoms with Crippen molar-refractivity contribution in [3.8, 4) is 0 Å². The molecule has 0 saturated carbocycles. The first-order chi connectivity index (χ1) is 12.1. The van der Waals surface area contributed by atoms with Crippen molar-refractivity contribution in [1.29, 1.82) is 0 Å². The van der Waals surface area contributed by atoms with Gasteiger partial charge in [-0.25, -0.2) is 0 Å². The molecule has 0 radical (unpaired) electrons. The minimum Gasteiger partial charge on any atom is -0.468 e. The summed E-state index contributed by atoms with van der Waals surface area (Å²) in [4.78, 5) is 4.96. The molecule has 1 aromatic carbocycles. The fourth-order valence-corrected chi connectivity index (χ4v) is 3.73. The number of hydrogen-bond acceptors (Lipinski definition) is 4. The highest BCUT2D eigenvalue weighted by Crippen LogP contribution is 2.23. The monoisotopic (exact) mass is 341 g/mol. The Labute approximate surface area is 151 Å². The molecule has 1 saturated heterocycles. The predicted octanol–water partition coefficient (Wildman–Crippen LogP) is 3.70. The summed E-state index contributed by atoms with van der Waals surface area (Å²) >= 11 is 0. The molecule has 0 spiro atoms. The lowest BCUT2D eigenvalue weighted by Crippen LogP contribution is -2.45. The van der Waals surface area contributed by atoms with Gasteiger partial charge < -0.3 is 14.2 Å². The topological polar surface area (TPSA) is 31.6 Å². The minimum atomic E-state index is 0.186. The highest BCUT2D eigenvalue weighted by Gasteiger charge is 2.24. The quantitative estimate of drug-likeness (QED) is 0.832. The summed E-state index contributed by atoms with van der Waals surface area (Å²) in [5, 5.41) is 3.77. The van der Waals surface area contributed by atoms with Crippen LogP contribution in [-0.4, -0.2) is 49.6 Å². The van der Waals surface area contributed by atoms with Crippen LogP contribution in [0.1, 0.15) is 43.2 Å². The van der Waals surface area contributed by atoms with Crippen molar-refractivity contribution in [1.82, 2.24) is 15.1 Å². The van der Waals surface area contributed by atoms with Crippen molar-refractivity contribution in [3.05, 3.63) is 60.1 Å². The third-order valence-corrected chi connectivity index (χ3v) is 5.41. The van der Waals surface area contributed by atoms with Crippen molar-refractivity contribution in [2.24, 2.45) is 0 Å². The molecule has 1 aromatic heterocycles. The van der Waals surface area contributed by atoms with Gasteiger partial charge >= 0.3 is 0 Å². The van der Waals surface area contributed by atoms with Crippen LogP contribution in [-0.2, 0) is 0 Å². The summed E-state index contributed by atoms with van der Waals surface area (Å²) in [7, 11) is 4.49. The summed E-state index contributed by atoms with van der Waals surface area (Å²) < 4.78 is 5.58. The van der Waals surface area contributed by atoms with Crippen molar-refractivity contribution in [3.63, 3.8) is 0 Å². The number of nitrogens with zero attached hydrogens (tertiary/aromatic N) is 2. The van der Waals surface area contributed by atoms with Crippen LogP contribution in [0.3, 0.4) is 0 Å². The van der Waals surface area contributed by atoms with Gasteiger partial charge in [-0.1, -0.05) is 30.3 Å². The van der Waals surface area contributed by atoms with Crippen LogP contribution >= 0.6 is 0 Å². The first-order valence-electron chi connectivity index (χ1n) is 9.36. The molecule has 25 heavy (non-hydrogen) atoms. The Morgan fingerprint density at radius 2 is 1.88 bits per heavy atom. The van der Waals surface area contributed by atoms with Gasteiger partial charge in [-0.3, -0.25) is 5.32 Å². The molecule has 1 fully saturated rings. The number of benzene rings is 1. The largest absolute Gasteiger partial charge is 0.468 e. The molecule has 1 aliphatic heterocycles. The van der Waals surface area contributed by atoms with E-state index in [2.05, 4.69) is 66.5 Å². The van der Waals surface area contributed by atoms with Gasteiger partial charge in [0.2, 0.25) is 0 Å². The lowest BCUT2D eigenvalue weighted by Gasteiger charge is -2.37. The summed E-state index contributed by atoms with van der Waals surface area (Å²) in [6, 6.07) is 15.9. The Balaban J connectivity index is 1.68. The summed E-state index contributed by atoms with van der Waals surface area (Å²) in [6.45, 7) is 5.57. The molecule has 4 heteroatoms. The number of likely N-dealkylation sites (tertiary alicyclic amines) is 1. The molecule has 2 aromatic rings. The number of piperidine rings is 1. The number of furan rings is 1. The minimum absolute atomic E-state index is 0.186. The van der Waals surface area contributed by atoms with Crippen molar-refractivity contribution < 1.29 is 4.42 Å². The van der Waals surface area contributed by atoms with Crippen LogP contribution < -0.4 is 5.32 Å². The lowest BCUT2D eigenvalue weighted by atomic mass is 10.0. The number of likely N-dealkylation sites (N-methyl/N-ethyl adjacent to an activating group) is 1. The van der Waals surface area contributed by atoms with Crippen molar-refractivity contribution in [2.45, 2.75) is 37.9 Å². The molecule has 1 aliphatic rings. The van der Waals surface area contributed by atoms with Crippen LogP contribution in [0, 0.1) is 0 Å². The van der Waals surface area contributed by atoms with Gasteiger partial charge in [0.1, 0.15) is 5.76 Å². The smallest absolute Gasteiger partial charge is 0.120 e. The van der Waals surface area contributed by atoms with Gasteiger partial charge in [-0.15, -0.1) is 0 Å². The number of hydrogen-bond donors (Lipinski definition) is 1. The predicted molar refractivity (Wildman–Crippen MR) is 103 cm³/mol. The zero-order valence-electron chi connectivity index (χ0n) is 15.7. The molecule has 0 amide bonds. The van der Waals surface area contributed by atoms with E-state index in [4.69, 9.17) is 4.42 Å². The van der Waals surface area contributed by atoms with E-state index < -0.39 is 0 Å². The molecule has 3 rings (SSSR count). The summed E-state index contributed by atoms with van der Waals surface area (Å²) in [5.41, 5.74) is 1.33. The van der Waals surface area contributed by atoms with E-state index in [0.29, 0.717) is 6.04 Å². The van der Waals surface area contributed by atoms with Gasteiger partial charge in [-0.05, 0) is 64.6 Å². The second-order valence-corrected chi connectivity index (χ2v) is 7.34. The molecule has 2 heterocycles. The third-order valence-electron chi connectivity index (χ3n) is 5.41. The molecule has 136 valence electrons. The molecule has 0 aliphatic carbocycles. The van der Waals surface area contributed by atoms with E-state index in [-0.39, 0.29) is 12.1 Å². The SMILES string of the molecule is C[C@@H](N[C@H](CN(C)C1CCN(C)CC1)c1ccccc1)c1ccco1. The average Bonchev–Trinajstić information content (AvgIpc) is 3.17. The van der Waals surface area contributed by atoms with E-state index >= 15 is 0 Å². The fourth-order valence-electron chi connectivity index (χ4n) is 3.73. The van der Waals surface area contributed by atoms with Gasteiger partial charge in [0.05, 0.1) is 12.3 Å². The summed E-state index contributed by atoms with van der Waals surface area (Å²) in [5.74, 6) is 0.989. The highest BCUT2D eigenvalue weighted by atomic mass is 16.3. The Morgan fingerprint density at radius 1 is 1.16 bits per heavy atom. The Hall–Kier alpha value is -1.62. The second-order valence-electron chi connectivity index (χ2n) is 7.34. The van der Waals surface area contributed by atoms with Crippen LogP contribution in [0.5, 0.6) is 0 Å². The number of nitrogens with one attached hydrogen (secondary N) is 1. The van der Waals surface area contributed by atoms with Crippen LogP contribution in [0.25, 0.3) is 0 Å². The van der Waals surface area contributed by atoms with E-state index in [1.807, 2.05) is 12.1 Å². The van der Waals surface area contributed by atoms with Crippen molar-refractivity contribution >= 4 is 0 Å². The molecule has 0 unspecified atom stereocenters. The van der Waals surface area contributed by atoms with Gasteiger partial charge in [0, 0.05) is 18.6 Å². The fraction of sp³-hybridized carbons (Fsp3) is 0.524. The Kier molecular flexibility index (Phi) is 6.29. The third kappa shape index (κ3) is 4.94. The normalized spacial score (nSPS) is 19.2. The van der Waals surface area contributed by atoms with Gasteiger partial charge in [-0.2, -0.15) is 0 Å². The van der Waals surface area contributed by atoms with Crippen molar-refractivity contribution in [2.75, 3.05) is 33.7 Å². The molecular weight excluding hydrogens is 310 g/mol. The maximum atomic E-state index is 5.58. The molecule has 0 bridgehead atoms. The first kappa shape index (κ1) is 18.2. The molecule has 1 N–H and O–H groups in total. The first-order valence-corrected chi connectivity index (χ1v) is 9.36. The average molecular weight is 341 g/mol. The van der Waals surface area contributed by atoms with E-state index in [0.717, 1.165) is 12.3 Å². The standard InChI is InChI=1S/C21H31N3O/c1-17(21-10-7-15-25-21)22-20(18-8-5-4-6-9-18)16-24(3)19-11-13-23(2)14-12-19/h4-10,15,17,19-20,22H,11-14,16H2,1-3H3/t17-,20-/m1/s1. The van der Waals surface area contributed by atoms with E-state index in [1.54, 1.807) is 6.26 Å². The summed E-state index contributed by atoms with van der Waals surface area (Å²) in [6.07, 6.45) is 4.25. The molecular formula is C21H31N3O. The van der Waals surface area contributed by atoms with E-state index in [1.165, 1.54) is 31.5 Å². The van der Waals surface area contributed by atoms with Crippen LogP contribution in [0.4, 0.5) is 0 Å². The van der Waals surface area contributed by atoms with E-state index in [9.17, 15) is 0 Å². The zero-order valence-corrected chi connectivity index (χ0v) is 15.7. The highest BCUT2D eigenvalue weighted by molar-refractivity contribution is 5.20. The second kappa shape index (κ2) is 8.65. The zero-order chi connectivity index (χ0) is 17.6. The Morgan fingerprint density at radius 3 is 2.52 bits per heavy atom. The molecule has 2 atom stereocenters. The number of rotatable bonds is 7. The lowest BCUT2D eigenvalue weighted by molar-refractivity contribution is 0.132. The maximum absolute atomic E-state index is 5.58.